The van der Waals surface area contributed by atoms with Gasteiger partial charge in [0.15, 0.2) is 0 Å². The topological polar surface area (TPSA) is 217 Å². The number of methoxy groups -OCH3 is 2. The lowest BCUT2D eigenvalue weighted by Gasteiger charge is -2.20. The number of carbonyl (C=O) groups excluding carboxylic acids is 1. The summed E-state index contributed by atoms with van der Waals surface area (Å²) < 4.78 is 13.5. The molecule has 6 rings (SSSR count). The first-order valence-electron chi connectivity index (χ1n) is 17.3. The SMILES string of the molecule is C=C(Cn1c(=O)/c(=C/C(N)=C(/N)C(C)(C)C)[nH]c(=O)/c1=C/c1ccccc1)C(=O)N1CCC(OC)C1.COc1nc(Nc2cnn(C)c2)nc2[nH]cc(Cl)c12. The van der Waals surface area contributed by atoms with Crippen LogP contribution in [-0.2, 0) is 23.1 Å². The maximum Gasteiger partial charge on any atom is 0.275 e. The Labute approximate surface area is 321 Å². The van der Waals surface area contributed by atoms with E-state index in [1.165, 1.54) is 10.6 Å². The first kappa shape index (κ1) is 40.1. The molecule has 0 bridgehead atoms. The standard InChI is InChI=1S/C27H35N5O4.C11H11ClN6O/c1-17(25(34)31-12-11-19(16-31)36-5)15-32-22(13-18-9-7-6-8-10-18)24(33)30-21(26(32)35)14-20(28)23(29)27(2,3)4;1-18-5-6(3-14-18)15-11-16-9-8(7(12)4-13-9)10(17-11)19-2/h6-10,13-14,19H,1,11-12,15-16,28-29H2,2-5H3,(H,30,33);3-5H,1-2H3,(H2,13,15,16,17)/b21-14-,22-13-,23-20-;. The molecule has 16 nitrogen and oxygen atoms in total. The van der Waals surface area contributed by atoms with Crippen LogP contribution in [0.2, 0.25) is 5.02 Å². The van der Waals surface area contributed by atoms with Crippen molar-refractivity contribution < 1.29 is 14.3 Å². The predicted molar refractivity (Wildman–Crippen MR) is 213 cm³/mol. The van der Waals surface area contributed by atoms with Crippen LogP contribution in [0.4, 0.5) is 11.6 Å². The average molecular weight is 772 g/mol. The lowest BCUT2D eigenvalue weighted by molar-refractivity contribution is -0.126. The number of anilines is 2. The van der Waals surface area contributed by atoms with Crippen molar-refractivity contribution in [1.82, 2.24) is 39.2 Å². The highest BCUT2D eigenvalue weighted by Gasteiger charge is 2.27. The van der Waals surface area contributed by atoms with Crippen LogP contribution in [0.25, 0.3) is 23.2 Å². The number of amides is 1. The number of nitrogens with zero attached hydrogens (tertiary/aromatic N) is 6. The molecule has 1 amide bonds. The second-order valence-electron chi connectivity index (χ2n) is 13.9. The van der Waals surface area contributed by atoms with E-state index in [-0.39, 0.29) is 40.5 Å². The molecule has 1 atom stereocenters. The van der Waals surface area contributed by atoms with Gasteiger partial charge in [0, 0.05) is 56.3 Å². The number of rotatable bonds is 9. The summed E-state index contributed by atoms with van der Waals surface area (Å²) in [7, 11) is 4.99. The summed E-state index contributed by atoms with van der Waals surface area (Å²) in [6.45, 7) is 10.4. The van der Waals surface area contributed by atoms with Crippen molar-refractivity contribution in [3.05, 3.63) is 114 Å². The van der Waals surface area contributed by atoms with Crippen LogP contribution in [0.15, 0.2) is 82.1 Å². The van der Waals surface area contributed by atoms with Crippen LogP contribution in [0.3, 0.4) is 0 Å². The van der Waals surface area contributed by atoms with E-state index in [2.05, 4.69) is 36.9 Å². The van der Waals surface area contributed by atoms with Crippen molar-refractivity contribution in [2.75, 3.05) is 32.6 Å². The minimum absolute atomic E-state index is 0.0317. The molecule has 1 aliphatic rings. The molecule has 0 spiro atoms. The van der Waals surface area contributed by atoms with Crippen molar-refractivity contribution in [2.24, 2.45) is 23.9 Å². The fourth-order valence-corrected chi connectivity index (χ4v) is 5.98. The molecule has 17 heteroatoms. The number of hydrogen-bond acceptors (Lipinski definition) is 11. The summed E-state index contributed by atoms with van der Waals surface area (Å²) in [5.41, 5.74) is 13.7. The third-order valence-electron chi connectivity index (χ3n) is 8.79. The number of aryl methyl sites for hydroxylation is 1. The van der Waals surface area contributed by atoms with Gasteiger partial charge in [0.25, 0.3) is 17.0 Å². The van der Waals surface area contributed by atoms with Gasteiger partial charge in [-0.05, 0) is 24.1 Å². The Bertz CT molecular complexity index is 2480. The zero-order valence-electron chi connectivity index (χ0n) is 31.6. The molecule has 1 aliphatic heterocycles. The van der Waals surface area contributed by atoms with Crippen molar-refractivity contribution in [1.29, 1.82) is 0 Å². The largest absolute Gasteiger partial charge is 0.480 e. The van der Waals surface area contributed by atoms with E-state index in [0.717, 1.165) is 17.7 Å². The molecule has 55 heavy (non-hydrogen) atoms. The maximum absolute atomic E-state index is 13.6. The molecule has 0 saturated carbocycles. The van der Waals surface area contributed by atoms with Gasteiger partial charge in [-0.25, -0.2) is 0 Å². The zero-order valence-corrected chi connectivity index (χ0v) is 32.4. The Morgan fingerprint density at radius 3 is 2.51 bits per heavy atom. The molecule has 5 aromatic rings. The smallest absolute Gasteiger partial charge is 0.275 e. The van der Waals surface area contributed by atoms with Gasteiger partial charge in [-0.15, -0.1) is 0 Å². The van der Waals surface area contributed by atoms with E-state index in [0.29, 0.717) is 46.7 Å². The van der Waals surface area contributed by atoms with Gasteiger partial charge in [0.05, 0.1) is 47.7 Å². The maximum atomic E-state index is 13.6. The minimum atomic E-state index is -0.522. The molecular weight excluding hydrogens is 726 g/mol. The van der Waals surface area contributed by atoms with E-state index in [1.807, 2.05) is 64.3 Å². The molecule has 7 N–H and O–H groups in total. The third kappa shape index (κ3) is 9.52. The number of allylic oxidation sites excluding steroid dienone is 2. The van der Waals surface area contributed by atoms with Gasteiger partial charge in [-0.3, -0.25) is 23.6 Å². The number of fused-ring (bicyclic) bond motifs is 1. The molecule has 0 aliphatic carbocycles. The van der Waals surface area contributed by atoms with Gasteiger partial charge in [0.1, 0.15) is 16.3 Å². The number of H-pyrrole nitrogens is 2. The van der Waals surface area contributed by atoms with Crippen LogP contribution < -0.4 is 43.3 Å². The average Bonchev–Trinajstić information content (AvgIpc) is 3.91. The molecular formula is C38H46ClN11O5. The molecule has 5 heterocycles. The fourth-order valence-electron chi connectivity index (χ4n) is 5.76. The molecule has 290 valence electrons. The second-order valence-corrected chi connectivity index (χ2v) is 14.3. The van der Waals surface area contributed by atoms with Gasteiger partial charge >= 0.3 is 0 Å². The molecule has 1 fully saturated rings. The highest BCUT2D eigenvalue weighted by molar-refractivity contribution is 6.35. The van der Waals surface area contributed by atoms with E-state index in [9.17, 15) is 14.4 Å². The number of halogens is 1. The molecule has 1 unspecified atom stereocenters. The van der Waals surface area contributed by atoms with Crippen LogP contribution in [0.5, 0.6) is 5.88 Å². The van der Waals surface area contributed by atoms with Gasteiger partial charge in [0.2, 0.25) is 11.8 Å². The number of hydrogen-bond donors (Lipinski definition) is 5. The number of ether oxygens (including phenoxy) is 2. The second kappa shape index (κ2) is 16.9. The molecule has 0 radical (unpaired) electrons. The van der Waals surface area contributed by atoms with Crippen LogP contribution in [0, 0.1) is 5.41 Å². The Morgan fingerprint density at radius 2 is 1.89 bits per heavy atom. The monoisotopic (exact) mass is 771 g/mol. The predicted octanol–water partition coefficient (Wildman–Crippen LogP) is 2.22. The van der Waals surface area contributed by atoms with Gasteiger partial charge in [-0.2, -0.15) is 15.1 Å². The van der Waals surface area contributed by atoms with Crippen molar-refractivity contribution in [3.8, 4) is 5.88 Å². The lowest BCUT2D eigenvalue weighted by atomic mass is 9.91. The van der Waals surface area contributed by atoms with Crippen LogP contribution in [-0.4, -0.2) is 78.5 Å². The quantitative estimate of drug-likeness (QED) is 0.137. The number of carbonyl (C=O) groups is 1. The van der Waals surface area contributed by atoms with Crippen LogP contribution in [0.1, 0.15) is 32.8 Å². The zero-order chi connectivity index (χ0) is 40.0. The van der Waals surface area contributed by atoms with E-state index >= 15 is 0 Å². The lowest BCUT2D eigenvalue weighted by Crippen LogP contribution is -2.54. The fraction of sp³-hybridized carbons (Fsp3) is 0.316. The normalized spacial score (nSPS) is 15.5. The number of aromatic amines is 2. The Balaban J connectivity index is 0.000000254. The number of likely N-dealkylation sites (tertiary alicyclic amines) is 1. The van der Waals surface area contributed by atoms with Gasteiger partial charge < -0.3 is 41.1 Å². The highest BCUT2D eigenvalue weighted by Crippen LogP contribution is 2.31. The summed E-state index contributed by atoms with van der Waals surface area (Å²) >= 11 is 6.05. The Kier molecular flexibility index (Phi) is 12.3. The van der Waals surface area contributed by atoms with Gasteiger partial charge in [-0.1, -0.05) is 69.3 Å². The summed E-state index contributed by atoms with van der Waals surface area (Å²) in [4.78, 5) is 55.6. The van der Waals surface area contributed by atoms with E-state index < -0.39 is 16.5 Å². The van der Waals surface area contributed by atoms with Crippen LogP contribution >= 0.6 is 11.6 Å². The summed E-state index contributed by atoms with van der Waals surface area (Å²) in [5, 5.41) is 8.37. The number of benzene rings is 1. The number of nitrogens with two attached hydrogens (primary N) is 2. The first-order chi connectivity index (χ1) is 26.1. The van der Waals surface area contributed by atoms with E-state index in [4.69, 9.17) is 32.5 Å². The number of nitrogens with one attached hydrogen (secondary N) is 3. The Hall–Kier alpha value is -6.13. The van der Waals surface area contributed by atoms with E-state index in [1.54, 1.807) is 42.3 Å². The highest BCUT2D eigenvalue weighted by atomic mass is 35.5. The molecule has 4 aromatic heterocycles. The summed E-state index contributed by atoms with van der Waals surface area (Å²) in [6.07, 6.45) is 8.81. The minimum Gasteiger partial charge on any atom is -0.480 e. The third-order valence-corrected chi connectivity index (χ3v) is 9.09. The van der Waals surface area contributed by atoms with Crippen molar-refractivity contribution >= 4 is 52.3 Å². The first-order valence-corrected chi connectivity index (χ1v) is 17.7. The Morgan fingerprint density at radius 1 is 1.16 bits per heavy atom. The molecule has 1 aromatic carbocycles. The van der Waals surface area contributed by atoms with Crippen molar-refractivity contribution in [2.45, 2.75) is 39.8 Å². The summed E-state index contributed by atoms with van der Waals surface area (Å²) in [5.74, 6) is 0.549. The van der Waals surface area contributed by atoms with Crippen molar-refractivity contribution in [3.63, 3.8) is 0 Å². The number of aromatic nitrogens is 7. The summed E-state index contributed by atoms with van der Waals surface area (Å²) in [6, 6.07) is 9.13. The molecule has 1 saturated heterocycles.